The van der Waals surface area contributed by atoms with E-state index in [1.165, 1.54) is 12.1 Å². The smallest absolute Gasteiger partial charge is 0.255 e. The molecule has 0 bridgehead atoms. The minimum atomic E-state index is -0.328. The van der Waals surface area contributed by atoms with Crippen molar-refractivity contribution in [1.82, 2.24) is 9.97 Å². The fourth-order valence-corrected chi connectivity index (χ4v) is 2.37. The Morgan fingerprint density at radius 3 is 2.95 bits per heavy atom. The number of benzene rings is 1. The van der Waals surface area contributed by atoms with Crippen LogP contribution in [0.5, 0.6) is 0 Å². The Kier molecular flexibility index (Phi) is 3.03. The van der Waals surface area contributed by atoms with Crippen LogP contribution in [0.2, 0.25) is 0 Å². The Morgan fingerprint density at radius 1 is 1.26 bits per heavy atom. The molecule has 5 heteroatoms. The molecule has 1 aliphatic rings. The highest BCUT2D eigenvalue weighted by Gasteiger charge is 2.15. The summed E-state index contributed by atoms with van der Waals surface area (Å²) in [5, 5.41) is 2.93. The van der Waals surface area contributed by atoms with Crippen LogP contribution in [0, 0.1) is 5.82 Å². The maximum absolute atomic E-state index is 13.1. The molecule has 1 aliphatic carbocycles. The lowest BCUT2D eigenvalue weighted by Gasteiger charge is -2.15. The molecule has 0 amide bonds. The fourth-order valence-electron chi connectivity index (χ4n) is 2.37. The molecule has 4 nitrogen and oxygen atoms in total. The van der Waals surface area contributed by atoms with Crippen LogP contribution >= 0.6 is 0 Å². The number of H-pyrrole nitrogens is 1. The minimum absolute atomic E-state index is 0.0939. The molecule has 0 atom stereocenters. The number of rotatable bonds is 2. The van der Waals surface area contributed by atoms with Gasteiger partial charge in [-0.3, -0.25) is 9.78 Å². The van der Waals surface area contributed by atoms with Crippen molar-refractivity contribution in [2.45, 2.75) is 25.7 Å². The van der Waals surface area contributed by atoms with Gasteiger partial charge >= 0.3 is 0 Å². The predicted molar refractivity (Wildman–Crippen MR) is 71.2 cm³/mol. The van der Waals surface area contributed by atoms with Gasteiger partial charge in [0.2, 0.25) is 5.95 Å². The third-order valence-corrected chi connectivity index (χ3v) is 3.28. The van der Waals surface area contributed by atoms with Crippen LogP contribution in [0.25, 0.3) is 0 Å². The second kappa shape index (κ2) is 4.84. The van der Waals surface area contributed by atoms with Crippen molar-refractivity contribution in [3.05, 3.63) is 51.7 Å². The SMILES string of the molecule is O=c1[nH]c(Nc2cccc(F)c2)nc2c1CCCC2. The molecule has 2 aromatic rings. The third-order valence-electron chi connectivity index (χ3n) is 3.28. The minimum Gasteiger partial charge on any atom is -0.326 e. The number of nitrogens with one attached hydrogen (secondary N) is 2. The molecule has 19 heavy (non-hydrogen) atoms. The maximum Gasteiger partial charge on any atom is 0.255 e. The number of anilines is 2. The van der Waals surface area contributed by atoms with Crippen molar-refractivity contribution in [3.8, 4) is 0 Å². The summed E-state index contributed by atoms with van der Waals surface area (Å²) >= 11 is 0. The molecule has 1 heterocycles. The molecule has 0 spiro atoms. The summed E-state index contributed by atoms with van der Waals surface area (Å²) in [5.41, 5.74) is 2.12. The summed E-state index contributed by atoms with van der Waals surface area (Å²) in [6.45, 7) is 0. The van der Waals surface area contributed by atoms with E-state index in [1.807, 2.05) is 0 Å². The summed E-state index contributed by atoms with van der Waals surface area (Å²) in [4.78, 5) is 19.0. The summed E-state index contributed by atoms with van der Waals surface area (Å²) < 4.78 is 13.1. The largest absolute Gasteiger partial charge is 0.326 e. The van der Waals surface area contributed by atoms with Crippen molar-refractivity contribution < 1.29 is 4.39 Å². The first-order valence-corrected chi connectivity index (χ1v) is 6.37. The van der Waals surface area contributed by atoms with Gasteiger partial charge in [0, 0.05) is 11.3 Å². The zero-order valence-corrected chi connectivity index (χ0v) is 10.4. The van der Waals surface area contributed by atoms with Gasteiger partial charge in [-0.25, -0.2) is 9.37 Å². The Bertz CT molecular complexity index is 666. The molecule has 0 radical (unpaired) electrons. The number of halogens is 1. The lowest BCUT2D eigenvalue weighted by molar-refractivity contribution is 0.628. The lowest BCUT2D eigenvalue weighted by Crippen LogP contribution is -2.22. The Morgan fingerprint density at radius 2 is 2.11 bits per heavy atom. The second-order valence-electron chi connectivity index (χ2n) is 4.68. The van der Waals surface area contributed by atoms with E-state index in [9.17, 15) is 9.18 Å². The second-order valence-corrected chi connectivity index (χ2v) is 4.68. The maximum atomic E-state index is 13.1. The van der Waals surface area contributed by atoms with E-state index in [0.29, 0.717) is 11.6 Å². The van der Waals surface area contributed by atoms with Crippen molar-refractivity contribution >= 4 is 11.6 Å². The van der Waals surface area contributed by atoms with Crippen LogP contribution in [0.1, 0.15) is 24.1 Å². The van der Waals surface area contributed by atoms with E-state index >= 15 is 0 Å². The van der Waals surface area contributed by atoms with E-state index < -0.39 is 0 Å². The monoisotopic (exact) mass is 259 g/mol. The molecule has 0 saturated carbocycles. The lowest BCUT2D eigenvalue weighted by atomic mass is 9.97. The zero-order chi connectivity index (χ0) is 13.2. The van der Waals surface area contributed by atoms with Crippen LogP contribution in [0.3, 0.4) is 0 Å². The molecule has 0 unspecified atom stereocenters. The van der Waals surface area contributed by atoms with E-state index in [-0.39, 0.29) is 11.4 Å². The number of aromatic amines is 1. The Balaban J connectivity index is 1.94. The van der Waals surface area contributed by atoms with Crippen LogP contribution in [0.4, 0.5) is 16.0 Å². The predicted octanol–water partition coefficient (Wildman–Crippen LogP) is 2.53. The quantitative estimate of drug-likeness (QED) is 0.871. The van der Waals surface area contributed by atoms with Gasteiger partial charge in [0.25, 0.3) is 5.56 Å². The molecule has 0 fully saturated rings. The van der Waals surface area contributed by atoms with E-state index in [2.05, 4.69) is 15.3 Å². The van der Waals surface area contributed by atoms with Gasteiger partial charge < -0.3 is 5.32 Å². The number of aryl methyl sites for hydroxylation is 1. The Hall–Kier alpha value is -2.17. The van der Waals surface area contributed by atoms with E-state index in [0.717, 1.165) is 36.9 Å². The van der Waals surface area contributed by atoms with Crippen molar-refractivity contribution in [3.63, 3.8) is 0 Å². The summed E-state index contributed by atoms with van der Waals surface area (Å²) in [7, 11) is 0. The molecule has 1 aromatic carbocycles. The molecular formula is C14H14FN3O. The molecule has 2 N–H and O–H groups in total. The normalized spacial score (nSPS) is 13.9. The molecular weight excluding hydrogens is 245 g/mol. The Labute approximate surface area is 109 Å². The first-order valence-electron chi connectivity index (χ1n) is 6.37. The number of hydrogen-bond donors (Lipinski definition) is 2. The van der Waals surface area contributed by atoms with Crippen LogP contribution in [-0.4, -0.2) is 9.97 Å². The topological polar surface area (TPSA) is 57.8 Å². The number of aromatic nitrogens is 2. The standard InChI is InChI=1S/C14H14FN3O/c15-9-4-3-5-10(8-9)16-14-17-12-7-2-1-6-11(12)13(19)18-14/h3-5,8H,1-2,6-7H2,(H2,16,17,18,19). The molecule has 0 saturated heterocycles. The van der Waals surface area contributed by atoms with Gasteiger partial charge in [-0.15, -0.1) is 0 Å². The highest BCUT2D eigenvalue weighted by Crippen LogP contribution is 2.18. The average molecular weight is 259 g/mol. The summed E-state index contributed by atoms with van der Waals surface area (Å²) in [6.07, 6.45) is 3.71. The molecule has 1 aromatic heterocycles. The van der Waals surface area contributed by atoms with Gasteiger partial charge in [0.05, 0.1) is 5.69 Å². The number of fused-ring (bicyclic) bond motifs is 1. The van der Waals surface area contributed by atoms with Crippen LogP contribution in [0.15, 0.2) is 29.1 Å². The van der Waals surface area contributed by atoms with Crippen LogP contribution in [-0.2, 0) is 12.8 Å². The third kappa shape index (κ3) is 2.50. The fraction of sp³-hybridized carbons (Fsp3) is 0.286. The van der Waals surface area contributed by atoms with Crippen molar-refractivity contribution in [2.75, 3.05) is 5.32 Å². The number of hydrogen-bond acceptors (Lipinski definition) is 3. The van der Waals surface area contributed by atoms with Crippen molar-refractivity contribution in [2.24, 2.45) is 0 Å². The average Bonchev–Trinajstić information content (AvgIpc) is 2.39. The highest BCUT2D eigenvalue weighted by molar-refractivity contribution is 5.53. The first kappa shape index (κ1) is 11.9. The highest BCUT2D eigenvalue weighted by atomic mass is 19.1. The molecule has 98 valence electrons. The molecule has 3 rings (SSSR count). The van der Waals surface area contributed by atoms with Gasteiger partial charge in [0.1, 0.15) is 5.82 Å². The summed E-state index contributed by atoms with van der Waals surface area (Å²) in [5.74, 6) is 0.0431. The van der Waals surface area contributed by atoms with Gasteiger partial charge in [-0.05, 0) is 43.9 Å². The van der Waals surface area contributed by atoms with Gasteiger partial charge in [-0.1, -0.05) is 6.07 Å². The van der Waals surface area contributed by atoms with E-state index in [4.69, 9.17) is 0 Å². The van der Waals surface area contributed by atoms with Gasteiger partial charge in [0.15, 0.2) is 0 Å². The summed E-state index contributed by atoms with van der Waals surface area (Å²) in [6, 6.07) is 6.06. The van der Waals surface area contributed by atoms with Crippen molar-refractivity contribution in [1.29, 1.82) is 0 Å². The van der Waals surface area contributed by atoms with E-state index in [1.54, 1.807) is 12.1 Å². The van der Waals surface area contributed by atoms with Crippen LogP contribution < -0.4 is 10.9 Å². The zero-order valence-electron chi connectivity index (χ0n) is 10.4. The molecule has 0 aliphatic heterocycles. The first-order chi connectivity index (χ1) is 9.22. The van der Waals surface area contributed by atoms with Gasteiger partial charge in [-0.2, -0.15) is 0 Å². The number of nitrogens with zero attached hydrogens (tertiary/aromatic N) is 1.